The molecule has 66 heavy (non-hydrogen) atoms. The smallest absolute Gasteiger partial charge is 0.466 e. The number of ketones is 1. The molecular formula is C52H93NO12P+. The zero-order valence-electron chi connectivity index (χ0n) is 42.4. The van der Waals surface area contributed by atoms with E-state index >= 15 is 0 Å². The van der Waals surface area contributed by atoms with Gasteiger partial charge < -0.3 is 33.5 Å². The Hall–Kier alpha value is -2.38. The van der Waals surface area contributed by atoms with E-state index in [2.05, 4.69) is 27.7 Å². The number of ether oxygens (including phenoxy) is 2. The molecule has 1 unspecified atom stereocenters. The number of rotatable bonds is 40. The third-order valence-corrected chi connectivity index (χ3v) is 13.9. The minimum absolute atomic E-state index is 0.00707. The van der Waals surface area contributed by atoms with Gasteiger partial charge >= 0.3 is 19.8 Å². The van der Waals surface area contributed by atoms with Crippen LogP contribution in [0.25, 0.3) is 0 Å². The number of aryl methyl sites for hydroxylation is 2. The first kappa shape index (κ1) is 59.7. The third kappa shape index (κ3) is 27.0. The van der Waals surface area contributed by atoms with Crippen LogP contribution in [0.1, 0.15) is 197 Å². The molecular weight excluding hydrogens is 862 g/mol. The summed E-state index contributed by atoms with van der Waals surface area (Å²) in [5.74, 6) is 0.820. The zero-order chi connectivity index (χ0) is 48.8. The van der Waals surface area contributed by atoms with Gasteiger partial charge in [-0.2, -0.15) is 0 Å². The summed E-state index contributed by atoms with van der Waals surface area (Å²) >= 11 is 0. The molecule has 1 fully saturated rings. The number of carbonyl (C=O) groups excluding carboxylic acids is 3. The highest BCUT2D eigenvalue weighted by Crippen LogP contribution is 2.43. The molecule has 1 saturated carbocycles. The maximum Gasteiger partial charge on any atom is 0.472 e. The zero-order valence-corrected chi connectivity index (χ0v) is 43.3. The van der Waals surface area contributed by atoms with E-state index in [1.165, 1.54) is 74.0 Å². The van der Waals surface area contributed by atoms with Crippen molar-refractivity contribution in [3.63, 3.8) is 0 Å². The standard InChI is InChI=1S/C52H92NO12P/c1-8-10-22-28-43(54)34-35-46-45(47(55)38-48(46)56)29-24-20-21-26-32-51(57)61-39-44(40-63-66(59,60)62-37-36-53(5,6)7)64-52(58)33-27-19-17-15-13-12-14-16-18-25-31-50-42(4)41(3)49(65-50)30-23-11-9-2/h34-35,43-47,54-55H,8-33,36-40H2,1-7H3/p+1/b35-34+/t43-,44+,45+,46+,47-/m0/s1. The molecule has 0 aliphatic heterocycles. The summed E-state index contributed by atoms with van der Waals surface area (Å²) in [6, 6.07) is 0. The Kier molecular flexibility index (Phi) is 30.8. The number of phosphoric ester groups is 1. The van der Waals surface area contributed by atoms with Crippen molar-refractivity contribution in [2.45, 2.75) is 219 Å². The Bertz CT molecular complexity index is 1570. The number of hydrogen-bond acceptors (Lipinski definition) is 11. The molecule has 13 nitrogen and oxygen atoms in total. The van der Waals surface area contributed by atoms with Crippen LogP contribution in [-0.2, 0) is 50.3 Å². The summed E-state index contributed by atoms with van der Waals surface area (Å²) in [5, 5.41) is 20.8. The largest absolute Gasteiger partial charge is 0.472 e. The van der Waals surface area contributed by atoms with Crippen molar-refractivity contribution in [1.82, 2.24) is 0 Å². The van der Waals surface area contributed by atoms with E-state index in [0.29, 0.717) is 36.7 Å². The molecule has 1 aromatic heterocycles. The number of allylic oxidation sites excluding steroid dienone is 1. The van der Waals surface area contributed by atoms with Gasteiger partial charge in [0.2, 0.25) is 0 Å². The molecule has 3 N–H and O–H groups in total. The molecule has 0 aromatic carbocycles. The molecule has 6 atom stereocenters. The third-order valence-electron chi connectivity index (χ3n) is 12.9. The summed E-state index contributed by atoms with van der Waals surface area (Å²) in [6.45, 7) is 8.40. The molecule has 0 spiro atoms. The number of quaternary nitrogens is 1. The second-order valence-electron chi connectivity index (χ2n) is 19.9. The number of likely N-dealkylation sites (N-methyl/N-ethyl adjacent to an activating group) is 1. The molecule has 1 heterocycles. The quantitative estimate of drug-likeness (QED) is 0.0187. The Morgan fingerprint density at radius 3 is 1.88 bits per heavy atom. The molecule has 14 heteroatoms. The monoisotopic (exact) mass is 955 g/mol. The van der Waals surface area contributed by atoms with Crippen LogP contribution in [0.4, 0.5) is 0 Å². The van der Waals surface area contributed by atoms with Gasteiger partial charge in [-0.3, -0.25) is 23.4 Å². The predicted octanol–water partition coefficient (Wildman–Crippen LogP) is 11.2. The minimum atomic E-state index is -4.45. The second kappa shape index (κ2) is 34.0. The average Bonchev–Trinajstić information content (AvgIpc) is 3.68. The van der Waals surface area contributed by atoms with Crippen LogP contribution >= 0.6 is 7.82 Å². The van der Waals surface area contributed by atoms with E-state index in [1.807, 2.05) is 21.1 Å². The van der Waals surface area contributed by atoms with Crippen LogP contribution in [0.5, 0.6) is 0 Å². The van der Waals surface area contributed by atoms with Crippen molar-refractivity contribution >= 4 is 25.5 Å². The van der Waals surface area contributed by atoms with Crippen LogP contribution in [0.15, 0.2) is 16.6 Å². The first-order valence-corrected chi connectivity index (χ1v) is 27.4. The highest BCUT2D eigenvalue weighted by molar-refractivity contribution is 7.47. The van der Waals surface area contributed by atoms with E-state index in [1.54, 1.807) is 12.2 Å². The van der Waals surface area contributed by atoms with Gasteiger partial charge in [0.05, 0.1) is 40.0 Å². The summed E-state index contributed by atoms with van der Waals surface area (Å²) in [7, 11) is 1.33. The van der Waals surface area contributed by atoms with Crippen LogP contribution < -0.4 is 0 Å². The number of aliphatic hydroxyl groups excluding tert-OH is 2. The van der Waals surface area contributed by atoms with Gasteiger partial charge in [-0.15, -0.1) is 0 Å². The van der Waals surface area contributed by atoms with Crippen molar-refractivity contribution < 1.29 is 61.5 Å². The van der Waals surface area contributed by atoms with Gasteiger partial charge in [-0.25, -0.2) is 4.57 Å². The molecule has 0 amide bonds. The van der Waals surface area contributed by atoms with Crippen molar-refractivity contribution in [2.24, 2.45) is 11.8 Å². The van der Waals surface area contributed by atoms with E-state index in [0.717, 1.165) is 77.0 Å². The van der Waals surface area contributed by atoms with E-state index < -0.39 is 50.6 Å². The van der Waals surface area contributed by atoms with E-state index in [-0.39, 0.29) is 44.2 Å². The summed E-state index contributed by atoms with van der Waals surface area (Å²) in [6.07, 6.45) is 25.5. The number of furan rings is 1. The van der Waals surface area contributed by atoms with Crippen molar-refractivity contribution in [1.29, 1.82) is 0 Å². The number of esters is 2. The summed E-state index contributed by atoms with van der Waals surface area (Å²) < 4.78 is 40.7. The maximum atomic E-state index is 12.8. The molecule has 1 aromatic rings. The maximum absolute atomic E-state index is 12.8. The van der Waals surface area contributed by atoms with Crippen LogP contribution in [0.3, 0.4) is 0 Å². The van der Waals surface area contributed by atoms with Gasteiger partial charge in [0.1, 0.15) is 37.1 Å². The lowest BCUT2D eigenvalue weighted by atomic mass is 9.88. The number of nitrogens with zero attached hydrogens (tertiary/aromatic N) is 1. The minimum Gasteiger partial charge on any atom is -0.466 e. The normalized spacial score (nSPS) is 18.5. The lowest BCUT2D eigenvalue weighted by Gasteiger charge is -2.24. The lowest BCUT2D eigenvalue weighted by Crippen LogP contribution is -2.37. The molecule has 0 radical (unpaired) electrons. The topological polar surface area (TPSA) is 179 Å². The molecule has 2 rings (SSSR count). The molecule has 0 saturated heterocycles. The highest BCUT2D eigenvalue weighted by Gasteiger charge is 2.39. The Morgan fingerprint density at radius 2 is 1.29 bits per heavy atom. The Labute approximate surface area is 399 Å². The number of unbranched alkanes of at least 4 members (excludes halogenated alkanes) is 16. The number of carbonyl (C=O) groups is 3. The summed E-state index contributed by atoms with van der Waals surface area (Å²) in [5.41, 5.74) is 2.67. The van der Waals surface area contributed by atoms with Crippen LogP contribution in [0.2, 0.25) is 0 Å². The first-order valence-electron chi connectivity index (χ1n) is 25.9. The average molecular weight is 955 g/mol. The Balaban J connectivity index is 1.68. The van der Waals surface area contributed by atoms with Crippen molar-refractivity contribution in [2.75, 3.05) is 47.5 Å². The van der Waals surface area contributed by atoms with Gasteiger partial charge in [-0.05, 0) is 69.4 Å². The van der Waals surface area contributed by atoms with Crippen molar-refractivity contribution in [3.8, 4) is 0 Å². The van der Waals surface area contributed by atoms with Crippen LogP contribution in [-0.4, -0.2) is 103 Å². The molecule has 382 valence electrons. The SMILES string of the molecule is CCCCCc1oc(CCCCCCCCCCCCC(=O)O[C@H](COC(=O)CCCCCC[C@H]2[C@@H](O)CC(=O)[C@@H]2/C=C/[C@@H](O)CCCCC)COP(=O)(O)OCC[N+](C)(C)C)c(C)c1C. The van der Waals surface area contributed by atoms with E-state index in [9.17, 15) is 34.1 Å². The van der Waals surface area contributed by atoms with Gasteiger partial charge in [0, 0.05) is 38.0 Å². The second-order valence-corrected chi connectivity index (χ2v) is 21.4. The van der Waals surface area contributed by atoms with E-state index in [4.69, 9.17) is 22.9 Å². The summed E-state index contributed by atoms with van der Waals surface area (Å²) in [4.78, 5) is 48.4. The fraction of sp³-hybridized carbons (Fsp3) is 0.827. The molecule has 1 aliphatic rings. The lowest BCUT2D eigenvalue weighted by molar-refractivity contribution is -0.870. The van der Waals surface area contributed by atoms with Crippen molar-refractivity contribution in [3.05, 3.63) is 34.8 Å². The van der Waals surface area contributed by atoms with Gasteiger partial charge in [-0.1, -0.05) is 129 Å². The number of Topliss-reactive ketones (excluding diaryl/α,β-unsaturated/α-hetero) is 1. The number of hydrogen-bond donors (Lipinski definition) is 3. The Morgan fingerprint density at radius 1 is 0.758 bits per heavy atom. The fourth-order valence-corrected chi connectivity index (χ4v) is 9.25. The fourth-order valence-electron chi connectivity index (χ4n) is 8.51. The highest BCUT2D eigenvalue weighted by atomic mass is 31.2. The number of phosphoric acid groups is 1. The van der Waals surface area contributed by atoms with Crippen LogP contribution in [0, 0.1) is 25.7 Å². The molecule has 0 bridgehead atoms. The molecule has 1 aliphatic carbocycles. The number of aliphatic hydroxyl groups is 2. The predicted molar refractivity (Wildman–Crippen MR) is 261 cm³/mol. The van der Waals surface area contributed by atoms with Gasteiger partial charge in [0.25, 0.3) is 0 Å². The first-order chi connectivity index (χ1) is 31.5. The van der Waals surface area contributed by atoms with Gasteiger partial charge in [0.15, 0.2) is 6.10 Å².